The van der Waals surface area contributed by atoms with Crippen molar-refractivity contribution in [2.24, 2.45) is 0 Å². The molecule has 0 bridgehead atoms. The van der Waals surface area contributed by atoms with Gasteiger partial charge < -0.3 is 19.5 Å². The minimum absolute atomic E-state index is 0.0320. The Balaban J connectivity index is 2.17. The molecule has 0 aliphatic heterocycles. The van der Waals surface area contributed by atoms with Gasteiger partial charge in [0.1, 0.15) is 18.8 Å². The standard InChI is InChI=1S/C26H33N3O5/c1-7-12-20(8-2)17-33-24(30)22-15-23(32-18-21-13-10-9-11-14-21)28-29(22)19(3)16-27-25(31)34-26(4,5)6/h7-15,19H,1-2,16-18H2,3-6H3,(H,27,31). The normalized spacial score (nSPS) is 12.4. The van der Waals surface area contributed by atoms with Gasteiger partial charge in [-0.15, -0.1) is 5.10 Å². The second-order valence-electron chi connectivity index (χ2n) is 8.58. The zero-order valence-electron chi connectivity index (χ0n) is 20.2. The number of amides is 1. The molecule has 0 fully saturated rings. The molecule has 8 heteroatoms. The number of nitrogens with one attached hydrogen (secondary N) is 1. The smallest absolute Gasteiger partial charge is 0.407 e. The first-order valence-corrected chi connectivity index (χ1v) is 11.0. The highest BCUT2D eigenvalue weighted by Crippen LogP contribution is 2.20. The molecule has 1 atom stereocenters. The molecule has 0 saturated carbocycles. The summed E-state index contributed by atoms with van der Waals surface area (Å²) in [6.45, 7) is 15.0. The van der Waals surface area contributed by atoms with Crippen LogP contribution in [0.15, 0.2) is 73.4 Å². The lowest BCUT2D eigenvalue weighted by molar-refractivity contribution is 0.0518. The van der Waals surface area contributed by atoms with E-state index in [4.69, 9.17) is 14.2 Å². The largest absolute Gasteiger partial charge is 0.472 e. The molecule has 0 aliphatic carbocycles. The van der Waals surface area contributed by atoms with Crippen molar-refractivity contribution in [3.8, 4) is 5.88 Å². The van der Waals surface area contributed by atoms with Crippen LogP contribution in [-0.4, -0.2) is 40.6 Å². The van der Waals surface area contributed by atoms with Gasteiger partial charge in [-0.05, 0) is 38.8 Å². The number of rotatable bonds is 11. The van der Waals surface area contributed by atoms with Crippen LogP contribution in [-0.2, 0) is 16.1 Å². The van der Waals surface area contributed by atoms with Gasteiger partial charge >= 0.3 is 12.1 Å². The number of carbonyl (C=O) groups is 2. The van der Waals surface area contributed by atoms with Gasteiger partial charge in [-0.1, -0.05) is 61.7 Å². The molecule has 1 amide bonds. The fraction of sp³-hybridized carbons (Fsp3) is 0.346. The van der Waals surface area contributed by atoms with Crippen LogP contribution in [0.3, 0.4) is 0 Å². The highest BCUT2D eigenvalue weighted by molar-refractivity contribution is 5.88. The van der Waals surface area contributed by atoms with Crippen LogP contribution in [0, 0.1) is 0 Å². The summed E-state index contributed by atoms with van der Waals surface area (Å²) in [4.78, 5) is 24.9. The summed E-state index contributed by atoms with van der Waals surface area (Å²) in [6.07, 6.45) is 4.34. The zero-order chi connectivity index (χ0) is 25.1. The van der Waals surface area contributed by atoms with Crippen molar-refractivity contribution >= 4 is 12.1 Å². The second-order valence-corrected chi connectivity index (χ2v) is 8.58. The first-order valence-electron chi connectivity index (χ1n) is 11.0. The molecule has 0 spiro atoms. The summed E-state index contributed by atoms with van der Waals surface area (Å²) in [7, 11) is 0. The average Bonchev–Trinajstić information content (AvgIpc) is 3.23. The van der Waals surface area contributed by atoms with Crippen LogP contribution < -0.4 is 10.1 Å². The molecule has 0 aliphatic rings. The monoisotopic (exact) mass is 467 g/mol. The molecule has 0 radical (unpaired) electrons. The van der Waals surface area contributed by atoms with Crippen LogP contribution in [0.2, 0.25) is 0 Å². The molecule has 1 unspecified atom stereocenters. The highest BCUT2D eigenvalue weighted by Gasteiger charge is 2.23. The van der Waals surface area contributed by atoms with E-state index >= 15 is 0 Å². The third-order valence-electron chi connectivity index (χ3n) is 4.47. The number of aromatic nitrogens is 2. The molecular formula is C26H33N3O5. The minimum Gasteiger partial charge on any atom is -0.472 e. The maximum absolute atomic E-state index is 12.9. The number of benzene rings is 1. The number of esters is 1. The van der Waals surface area contributed by atoms with Gasteiger partial charge in [-0.3, -0.25) is 0 Å². The van der Waals surface area contributed by atoms with Crippen molar-refractivity contribution in [1.29, 1.82) is 0 Å². The number of alkyl carbamates (subject to hydrolysis) is 1. The molecule has 2 rings (SSSR count). The quantitative estimate of drug-likeness (QED) is 0.369. The van der Waals surface area contributed by atoms with Gasteiger partial charge in [0, 0.05) is 12.6 Å². The molecule has 1 heterocycles. The third kappa shape index (κ3) is 8.61. The fourth-order valence-corrected chi connectivity index (χ4v) is 2.84. The zero-order valence-corrected chi connectivity index (χ0v) is 20.2. The topological polar surface area (TPSA) is 91.7 Å². The van der Waals surface area contributed by atoms with Crippen LogP contribution in [0.1, 0.15) is 49.8 Å². The van der Waals surface area contributed by atoms with Crippen LogP contribution >= 0.6 is 0 Å². The summed E-state index contributed by atoms with van der Waals surface area (Å²) >= 11 is 0. The number of hydrogen-bond acceptors (Lipinski definition) is 6. The van der Waals surface area contributed by atoms with Gasteiger partial charge in [-0.2, -0.15) is 0 Å². The predicted molar refractivity (Wildman–Crippen MR) is 131 cm³/mol. The van der Waals surface area contributed by atoms with E-state index in [1.165, 1.54) is 10.7 Å². The van der Waals surface area contributed by atoms with Gasteiger partial charge in [0.15, 0.2) is 5.69 Å². The fourth-order valence-electron chi connectivity index (χ4n) is 2.84. The van der Waals surface area contributed by atoms with E-state index in [2.05, 4.69) is 23.6 Å². The Morgan fingerprint density at radius 3 is 2.53 bits per heavy atom. The van der Waals surface area contributed by atoms with E-state index in [9.17, 15) is 9.59 Å². The summed E-state index contributed by atoms with van der Waals surface area (Å²) < 4.78 is 18.0. The van der Waals surface area contributed by atoms with Gasteiger partial charge in [0.2, 0.25) is 5.88 Å². The van der Waals surface area contributed by atoms with E-state index in [1.807, 2.05) is 37.3 Å². The molecule has 1 aromatic carbocycles. The van der Waals surface area contributed by atoms with E-state index in [0.717, 1.165) is 5.56 Å². The van der Waals surface area contributed by atoms with Crippen LogP contribution in [0.25, 0.3) is 0 Å². The van der Waals surface area contributed by atoms with E-state index in [1.54, 1.807) is 39.0 Å². The lowest BCUT2D eigenvalue weighted by atomic mass is 10.2. The molecule has 182 valence electrons. The molecule has 1 N–H and O–H groups in total. The summed E-state index contributed by atoms with van der Waals surface area (Å²) in [6, 6.07) is 10.8. The Morgan fingerprint density at radius 1 is 1.21 bits per heavy atom. The molecule has 1 aromatic heterocycles. The lowest BCUT2D eigenvalue weighted by Crippen LogP contribution is -2.36. The number of ether oxygens (including phenoxy) is 3. The van der Waals surface area contributed by atoms with Crippen molar-refractivity contribution in [2.75, 3.05) is 13.2 Å². The molecule has 34 heavy (non-hydrogen) atoms. The Hall–Kier alpha value is -3.81. The number of hydrogen-bond donors (Lipinski definition) is 1. The Labute approximate surface area is 200 Å². The maximum atomic E-state index is 12.9. The van der Waals surface area contributed by atoms with Gasteiger partial charge in [0.25, 0.3) is 0 Å². The van der Waals surface area contributed by atoms with Crippen molar-refractivity contribution in [2.45, 2.75) is 45.9 Å². The van der Waals surface area contributed by atoms with Crippen molar-refractivity contribution < 1.29 is 23.8 Å². The first-order chi connectivity index (χ1) is 16.1. The van der Waals surface area contributed by atoms with Gasteiger partial charge in [0.05, 0.1) is 6.04 Å². The first kappa shape index (κ1) is 26.4. The van der Waals surface area contributed by atoms with Crippen molar-refractivity contribution in [1.82, 2.24) is 15.1 Å². The van der Waals surface area contributed by atoms with Crippen molar-refractivity contribution in [3.05, 3.63) is 84.6 Å². The van der Waals surface area contributed by atoms with Crippen molar-refractivity contribution in [3.63, 3.8) is 0 Å². The summed E-state index contributed by atoms with van der Waals surface area (Å²) in [5.41, 5.74) is 1.25. The Bertz CT molecular complexity index is 1020. The number of allylic oxidation sites excluding steroid dienone is 2. The Kier molecular flexibility index (Phi) is 9.67. The minimum atomic E-state index is -0.617. The van der Waals surface area contributed by atoms with Crippen LogP contribution in [0.4, 0.5) is 4.79 Å². The predicted octanol–water partition coefficient (Wildman–Crippen LogP) is 5.00. The molecule has 8 nitrogen and oxygen atoms in total. The number of nitrogens with zero attached hydrogens (tertiary/aromatic N) is 2. The highest BCUT2D eigenvalue weighted by atomic mass is 16.6. The number of carbonyl (C=O) groups excluding carboxylic acids is 2. The Morgan fingerprint density at radius 2 is 1.91 bits per heavy atom. The van der Waals surface area contributed by atoms with Crippen LogP contribution in [0.5, 0.6) is 5.88 Å². The van der Waals surface area contributed by atoms with E-state index < -0.39 is 17.7 Å². The SMILES string of the molecule is C=CC=C(C=C)COC(=O)c1cc(OCc2ccccc2)nn1C(C)CNC(=O)OC(C)(C)C. The summed E-state index contributed by atoms with van der Waals surface area (Å²) in [5.74, 6) is -0.312. The third-order valence-corrected chi connectivity index (χ3v) is 4.47. The molecular weight excluding hydrogens is 434 g/mol. The van der Waals surface area contributed by atoms with E-state index in [0.29, 0.717) is 12.2 Å². The lowest BCUT2D eigenvalue weighted by Gasteiger charge is -2.21. The van der Waals surface area contributed by atoms with E-state index in [-0.39, 0.29) is 30.8 Å². The molecule has 0 saturated heterocycles. The maximum Gasteiger partial charge on any atom is 0.407 e. The second kappa shape index (κ2) is 12.4. The summed E-state index contributed by atoms with van der Waals surface area (Å²) in [5, 5.41) is 7.13. The molecule has 2 aromatic rings. The van der Waals surface area contributed by atoms with Gasteiger partial charge in [-0.25, -0.2) is 14.3 Å². The average molecular weight is 468 g/mol.